The molecule has 132 valence electrons. The lowest BCUT2D eigenvalue weighted by molar-refractivity contribution is 0.302. The first-order valence-electron chi connectivity index (χ1n) is 8.58. The summed E-state index contributed by atoms with van der Waals surface area (Å²) in [6, 6.07) is 20.2. The summed E-state index contributed by atoms with van der Waals surface area (Å²) in [7, 11) is 0. The lowest BCUT2D eigenvalue weighted by Crippen LogP contribution is -2.25. The minimum Gasteiger partial charge on any atom is -0.395 e. The van der Waals surface area contributed by atoms with Crippen molar-refractivity contribution >= 4 is 11.4 Å². The van der Waals surface area contributed by atoms with E-state index in [1.165, 1.54) is 11.4 Å². The van der Waals surface area contributed by atoms with Crippen molar-refractivity contribution in [3.8, 4) is 0 Å². The number of hydrogen-bond donors (Lipinski definition) is 2. The Bertz CT molecular complexity index is 470. The van der Waals surface area contributed by atoms with E-state index < -0.39 is 0 Å². The van der Waals surface area contributed by atoms with Gasteiger partial charge in [0.15, 0.2) is 0 Å². The molecule has 2 aromatic carbocycles. The molecule has 0 heterocycles. The number of nitrogens with zero attached hydrogens (tertiary/aromatic N) is 2. The van der Waals surface area contributed by atoms with Crippen LogP contribution in [0.1, 0.15) is 13.8 Å². The maximum atomic E-state index is 8.79. The monoisotopic (exact) mass is 330 g/mol. The number of para-hydroxylation sites is 2. The van der Waals surface area contributed by atoms with Crippen LogP contribution in [0.2, 0.25) is 0 Å². The zero-order chi connectivity index (χ0) is 17.6. The van der Waals surface area contributed by atoms with Crippen LogP contribution in [-0.4, -0.2) is 49.6 Å². The van der Waals surface area contributed by atoms with Crippen molar-refractivity contribution in [2.45, 2.75) is 13.8 Å². The van der Waals surface area contributed by atoms with Crippen LogP contribution in [-0.2, 0) is 0 Å². The average molecular weight is 330 g/mol. The van der Waals surface area contributed by atoms with Gasteiger partial charge in [-0.2, -0.15) is 0 Å². The Labute approximate surface area is 146 Å². The minimum absolute atomic E-state index is 0.211. The molecule has 0 saturated carbocycles. The molecule has 0 aliphatic carbocycles. The van der Waals surface area contributed by atoms with Crippen molar-refractivity contribution in [3.05, 3.63) is 60.7 Å². The molecular formula is C20H30N2O2. The number of rotatable bonds is 8. The fraction of sp³-hybridized carbons (Fsp3) is 0.400. The summed E-state index contributed by atoms with van der Waals surface area (Å²) in [6.45, 7) is 7.88. The Kier molecular flexibility index (Phi) is 10.3. The highest BCUT2D eigenvalue weighted by Gasteiger charge is 2.01. The Balaban J connectivity index is 0.000000240. The van der Waals surface area contributed by atoms with Crippen molar-refractivity contribution in [3.63, 3.8) is 0 Å². The van der Waals surface area contributed by atoms with Crippen LogP contribution in [0, 0.1) is 0 Å². The lowest BCUT2D eigenvalue weighted by Gasteiger charge is -2.21. The molecule has 4 heteroatoms. The topological polar surface area (TPSA) is 46.9 Å². The van der Waals surface area contributed by atoms with Crippen LogP contribution in [0.5, 0.6) is 0 Å². The van der Waals surface area contributed by atoms with Gasteiger partial charge in [-0.1, -0.05) is 36.4 Å². The Morgan fingerprint density at radius 3 is 1.21 bits per heavy atom. The van der Waals surface area contributed by atoms with E-state index >= 15 is 0 Å². The maximum absolute atomic E-state index is 8.79. The Morgan fingerprint density at radius 2 is 0.958 bits per heavy atom. The van der Waals surface area contributed by atoms with Crippen LogP contribution >= 0.6 is 0 Å². The number of anilines is 2. The first-order valence-corrected chi connectivity index (χ1v) is 8.58. The molecule has 0 spiro atoms. The summed E-state index contributed by atoms with van der Waals surface area (Å²) in [5, 5.41) is 17.6. The molecule has 0 aliphatic heterocycles. The van der Waals surface area contributed by atoms with Gasteiger partial charge in [-0.3, -0.25) is 0 Å². The largest absolute Gasteiger partial charge is 0.395 e. The molecule has 2 aromatic rings. The minimum atomic E-state index is 0.211. The predicted molar refractivity (Wildman–Crippen MR) is 103 cm³/mol. The van der Waals surface area contributed by atoms with Gasteiger partial charge in [0, 0.05) is 37.6 Å². The van der Waals surface area contributed by atoms with E-state index in [9.17, 15) is 0 Å². The van der Waals surface area contributed by atoms with E-state index in [0.29, 0.717) is 13.1 Å². The average Bonchev–Trinajstić information content (AvgIpc) is 2.66. The molecule has 4 nitrogen and oxygen atoms in total. The number of aliphatic hydroxyl groups excluding tert-OH is 2. The summed E-state index contributed by atoms with van der Waals surface area (Å²) in [6.07, 6.45) is 0. The number of benzene rings is 2. The standard InChI is InChI=1S/2C10H15NO/c2*1-2-11(8-9-12)10-6-4-3-5-7-10/h2*3-7,12H,2,8-9H2,1H3. The molecule has 24 heavy (non-hydrogen) atoms. The molecule has 2 rings (SSSR count). The van der Waals surface area contributed by atoms with Crippen LogP contribution in [0.25, 0.3) is 0 Å². The summed E-state index contributed by atoms with van der Waals surface area (Å²) < 4.78 is 0. The highest BCUT2D eigenvalue weighted by molar-refractivity contribution is 5.46. The maximum Gasteiger partial charge on any atom is 0.0606 e. The molecule has 2 N–H and O–H groups in total. The first kappa shape index (κ1) is 20.0. The molecule has 0 unspecified atom stereocenters. The van der Waals surface area contributed by atoms with Crippen molar-refractivity contribution in [2.75, 3.05) is 49.2 Å². The summed E-state index contributed by atoms with van der Waals surface area (Å²) in [5.41, 5.74) is 2.35. The van der Waals surface area contributed by atoms with Crippen molar-refractivity contribution in [1.29, 1.82) is 0 Å². The van der Waals surface area contributed by atoms with Crippen LogP contribution < -0.4 is 9.80 Å². The van der Waals surface area contributed by atoms with Crippen LogP contribution in [0.4, 0.5) is 11.4 Å². The molecular weight excluding hydrogens is 300 g/mol. The van der Waals surface area contributed by atoms with Gasteiger partial charge in [-0.25, -0.2) is 0 Å². The lowest BCUT2D eigenvalue weighted by atomic mass is 10.3. The highest BCUT2D eigenvalue weighted by atomic mass is 16.3. The molecule has 0 radical (unpaired) electrons. The Morgan fingerprint density at radius 1 is 0.625 bits per heavy atom. The SMILES string of the molecule is CCN(CCO)c1ccccc1.CCN(CCO)c1ccccc1. The van der Waals surface area contributed by atoms with E-state index in [-0.39, 0.29) is 13.2 Å². The normalized spacial score (nSPS) is 9.83. The molecule has 0 aromatic heterocycles. The van der Waals surface area contributed by atoms with Gasteiger partial charge in [-0.05, 0) is 38.1 Å². The van der Waals surface area contributed by atoms with Gasteiger partial charge in [0.2, 0.25) is 0 Å². The molecule has 0 saturated heterocycles. The van der Waals surface area contributed by atoms with E-state index in [2.05, 4.69) is 47.9 Å². The van der Waals surface area contributed by atoms with Gasteiger partial charge in [0.25, 0.3) is 0 Å². The van der Waals surface area contributed by atoms with E-state index in [1.54, 1.807) is 0 Å². The molecule has 0 amide bonds. The molecule has 0 fully saturated rings. The van der Waals surface area contributed by atoms with Crippen LogP contribution in [0.15, 0.2) is 60.7 Å². The fourth-order valence-electron chi connectivity index (χ4n) is 2.46. The van der Waals surface area contributed by atoms with Gasteiger partial charge >= 0.3 is 0 Å². The zero-order valence-electron chi connectivity index (χ0n) is 14.8. The van der Waals surface area contributed by atoms with Crippen molar-refractivity contribution < 1.29 is 10.2 Å². The van der Waals surface area contributed by atoms with E-state index in [0.717, 1.165) is 13.1 Å². The second-order valence-electron chi connectivity index (χ2n) is 5.28. The predicted octanol–water partition coefficient (Wildman–Crippen LogP) is 3.01. The van der Waals surface area contributed by atoms with Gasteiger partial charge < -0.3 is 20.0 Å². The third-order valence-electron chi connectivity index (χ3n) is 3.75. The number of aliphatic hydroxyl groups is 2. The Hall–Kier alpha value is -2.04. The van der Waals surface area contributed by atoms with E-state index in [1.807, 2.05) is 36.4 Å². The zero-order valence-corrected chi connectivity index (χ0v) is 14.8. The third kappa shape index (κ3) is 7.02. The quantitative estimate of drug-likeness (QED) is 0.781. The van der Waals surface area contributed by atoms with Gasteiger partial charge in [0.1, 0.15) is 0 Å². The number of hydrogen-bond acceptors (Lipinski definition) is 4. The second-order valence-corrected chi connectivity index (χ2v) is 5.28. The highest BCUT2D eigenvalue weighted by Crippen LogP contribution is 2.12. The van der Waals surface area contributed by atoms with Gasteiger partial charge in [0.05, 0.1) is 13.2 Å². The van der Waals surface area contributed by atoms with E-state index in [4.69, 9.17) is 10.2 Å². The second kappa shape index (κ2) is 12.4. The van der Waals surface area contributed by atoms with Crippen molar-refractivity contribution in [1.82, 2.24) is 0 Å². The first-order chi connectivity index (χ1) is 11.8. The van der Waals surface area contributed by atoms with Gasteiger partial charge in [-0.15, -0.1) is 0 Å². The number of likely N-dealkylation sites (N-methyl/N-ethyl adjacent to an activating group) is 2. The molecule has 0 aliphatic rings. The fourth-order valence-corrected chi connectivity index (χ4v) is 2.46. The smallest absolute Gasteiger partial charge is 0.0606 e. The summed E-state index contributed by atoms with van der Waals surface area (Å²) >= 11 is 0. The van der Waals surface area contributed by atoms with Crippen LogP contribution in [0.3, 0.4) is 0 Å². The third-order valence-corrected chi connectivity index (χ3v) is 3.75. The van der Waals surface area contributed by atoms with Crippen molar-refractivity contribution in [2.24, 2.45) is 0 Å². The summed E-state index contributed by atoms with van der Waals surface area (Å²) in [5.74, 6) is 0. The molecule has 0 bridgehead atoms. The summed E-state index contributed by atoms with van der Waals surface area (Å²) in [4.78, 5) is 4.28. The molecule has 0 atom stereocenters.